The summed E-state index contributed by atoms with van der Waals surface area (Å²) in [5.41, 5.74) is 1.33. The van der Waals surface area contributed by atoms with Crippen LogP contribution in [-0.2, 0) is 11.3 Å². The molecule has 16 heavy (non-hydrogen) atoms. The van der Waals surface area contributed by atoms with Crippen LogP contribution in [0.5, 0.6) is 0 Å². The highest BCUT2D eigenvalue weighted by molar-refractivity contribution is 5.85. The van der Waals surface area contributed by atoms with E-state index in [0.29, 0.717) is 11.8 Å². The molecule has 0 amide bonds. The van der Waals surface area contributed by atoms with Gasteiger partial charge in [0, 0.05) is 19.0 Å². The van der Waals surface area contributed by atoms with Crippen LogP contribution >= 0.6 is 0 Å². The van der Waals surface area contributed by atoms with Gasteiger partial charge in [-0.05, 0) is 24.8 Å². The number of nitrogens with zero attached hydrogens (tertiary/aromatic N) is 1. The number of fused-ring (bicyclic) bond motifs is 2. The first kappa shape index (κ1) is 10.0. The zero-order valence-electron chi connectivity index (χ0n) is 9.43. The molecular weight excluding hydrogens is 198 g/mol. The Hall–Kier alpha value is -1.15. The van der Waals surface area contributed by atoms with E-state index >= 15 is 0 Å². The van der Waals surface area contributed by atoms with E-state index in [1.807, 2.05) is 6.07 Å². The summed E-state index contributed by atoms with van der Waals surface area (Å²) in [5, 5.41) is 0. The number of carbonyl (C=O) groups excluding carboxylic acids is 1. The van der Waals surface area contributed by atoms with Crippen molar-refractivity contribution in [3.63, 3.8) is 0 Å². The summed E-state index contributed by atoms with van der Waals surface area (Å²) in [6.45, 7) is 0.946. The number of benzene rings is 1. The molecule has 3 rings (SSSR count). The Morgan fingerprint density at radius 1 is 1.12 bits per heavy atom. The summed E-state index contributed by atoms with van der Waals surface area (Å²) in [7, 11) is 0. The summed E-state index contributed by atoms with van der Waals surface area (Å²) < 4.78 is 0. The summed E-state index contributed by atoms with van der Waals surface area (Å²) in [5.74, 6) is 0.463. The smallest absolute Gasteiger partial charge is 0.150 e. The van der Waals surface area contributed by atoms with Crippen LogP contribution in [-0.4, -0.2) is 22.8 Å². The lowest BCUT2D eigenvalue weighted by Crippen LogP contribution is -2.44. The van der Waals surface area contributed by atoms with Gasteiger partial charge < -0.3 is 0 Å². The first-order chi connectivity index (χ1) is 7.84. The zero-order valence-corrected chi connectivity index (χ0v) is 9.43. The minimum absolute atomic E-state index is 0.221. The lowest BCUT2D eigenvalue weighted by atomic mass is 10.0. The van der Waals surface area contributed by atoms with Gasteiger partial charge in [0.25, 0.3) is 0 Å². The lowest BCUT2D eigenvalue weighted by molar-refractivity contribution is -0.126. The Morgan fingerprint density at radius 3 is 2.75 bits per heavy atom. The molecule has 2 fully saturated rings. The van der Waals surface area contributed by atoms with Gasteiger partial charge in [0.05, 0.1) is 6.04 Å². The Labute approximate surface area is 96.3 Å². The van der Waals surface area contributed by atoms with Crippen LogP contribution in [0.15, 0.2) is 30.3 Å². The molecule has 1 aromatic carbocycles. The molecule has 0 radical (unpaired) electrons. The highest BCUT2D eigenvalue weighted by Crippen LogP contribution is 2.34. The van der Waals surface area contributed by atoms with E-state index in [0.717, 1.165) is 25.8 Å². The third-order valence-corrected chi connectivity index (χ3v) is 3.95. The molecule has 2 nitrogen and oxygen atoms in total. The molecule has 84 valence electrons. The Bertz CT molecular complexity index is 387. The number of ketones is 1. The maximum atomic E-state index is 11.8. The SMILES string of the molecule is O=C1CC[C@H]2CC[C@H]1N2Cc1ccccc1. The van der Waals surface area contributed by atoms with E-state index in [1.54, 1.807) is 0 Å². The number of hydrogen-bond acceptors (Lipinski definition) is 2. The molecule has 1 aromatic rings. The predicted molar refractivity (Wildman–Crippen MR) is 63.0 cm³/mol. The van der Waals surface area contributed by atoms with Gasteiger partial charge in [-0.1, -0.05) is 30.3 Å². The normalized spacial score (nSPS) is 29.6. The molecule has 0 unspecified atom stereocenters. The van der Waals surface area contributed by atoms with Crippen LogP contribution in [0, 0.1) is 0 Å². The molecule has 2 bridgehead atoms. The van der Waals surface area contributed by atoms with Crippen molar-refractivity contribution in [3.05, 3.63) is 35.9 Å². The maximum Gasteiger partial charge on any atom is 0.150 e. The van der Waals surface area contributed by atoms with Crippen molar-refractivity contribution in [2.75, 3.05) is 0 Å². The van der Waals surface area contributed by atoms with Gasteiger partial charge in [0.2, 0.25) is 0 Å². The topological polar surface area (TPSA) is 20.3 Å². The second-order valence-electron chi connectivity index (χ2n) is 4.91. The van der Waals surface area contributed by atoms with Crippen molar-refractivity contribution in [3.8, 4) is 0 Å². The monoisotopic (exact) mass is 215 g/mol. The van der Waals surface area contributed by atoms with Gasteiger partial charge in [-0.3, -0.25) is 9.69 Å². The first-order valence-corrected chi connectivity index (χ1v) is 6.17. The Kier molecular flexibility index (Phi) is 2.52. The second kappa shape index (κ2) is 4.02. The highest BCUT2D eigenvalue weighted by atomic mass is 16.1. The van der Waals surface area contributed by atoms with Crippen molar-refractivity contribution in [2.24, 2.45) is 0 Å². The van der Waals surface area contributed by atoms with Crippen LogP contribution in [0.2, 0.25) is 0 Å². The molecule has 2 saturated heterocycles. The average Bonchev–Trinajstić information content (AvgIpc) is 2.60. The third-order valence-electron chi connectivity index (χ3n) is 3.95. The number of hydrogen-bond donors (Lipinski definition) is 0. The molecule has 2 heterocycles. The van der Waals surface area contributed by atoms with Gasteiger partial charge in [0.15, 0.2) is 0 Å². The second-order valence-corrected chi connectivity index (χ2v) is 4.91. The minimum Gasteiger partial charge on any atom is -0.298 e. The van der Waals surface area contributed by atoms with Gasteiger partial charge in [-0.15, -0.1) is 0 Å². The molecule has 0 saturated carbocycles. The van der Waals surface area contributed by atoms with Crippen molar-refractivity contribution in [2.45, 2.75) is 44.3 Å². The molecule has 2 aliphatic rings. The van der Waals surface area contributed by atoms with E-state index in [4.69, 9.17) is 0 Å². The number of Topliss-reactive ketones (excluding diaryl/α,β-unsaturated/α-hetero) is 1. The van der Waals surface area contributed by atoms with E-state index in [9.17, 15) is 4.79 Å². The van der Waals surface area contributed by atoms with E-state index in [1.165, 1.54) is 12.0 Å². The first-order valence-electron chi connectivity index (χ1n) is 6.17. The highest BCUT2D eigenvalue weighted by Gasteiger charge is 2.41. The average molecular weight is 215 g/mol. The van der Waals surface area contributed by atoms with Gasteiger partial charge in [-0.2, -0.15) is 0 Å². The van der Waals surface area contributed by atoms with Crippen molar-refractivity contribution in [1.29, 1.82) is 0 Å². The fraction of sp³-hybridized carbons (Fsp3) is 0.500. The molecule has 2 aliphatic heterocycles. The summed E-state index contributed by atoms with van der Waals surface area (Å²) in [6, 6.07) is 11.4. The summed E-state index contributed by atoms with van der Waals surface area (Å²) in [4.78, 5) is 14.2. The summed E-state index contributed by atoms with van der Waals surface area (Å²) in [6.07, 6.45) is 4.17. The predicted octanol–water partition coefficient (Wildman–Crippen LogP) is 2.38. The van der Waals surface area contributed by atoms with Crippen LogP contribution in [0.1, 0.15) is 31.2 Å². The van der Waals surface area contributed by atoms with Crippen LogP contribution in [0.4, 0.5) is 0 Å². The van der Waals surface area contributed by atoms with Crippen molar-refractivity contribution in [1.82, 2.24) is 4.90 Å². The molecule has 0 N–H and O–H groups in total. The zero-order chi connectivity index (χ0) is 11.0. The molecule has 0 aliphatic carbocycles. The van der Waals surface area contributed by atoms with Crippen LogP contribution in [0.3, 0.4) is 0 Å². The fourth-order valence-corrected chi connectivity index (χ4v) is 3.10. The van der Waals surface area contributed by atoms with E-state index in [2.05, 4.69) is 29.2 Å². The molecule has 2 heteroatoms. The Balaban J connectivity index is 1.78. The van der Waals surface area contributed by atoms with E-state index in [-0.39, 0.29) is 6.04 Å². The van der Waals surface area contributed by atoms with E-state index < -0.39 is 0 Å². The van der Waals surface area contributed by atoms with Crippen molar-refractivity contribution >= 4 is 5.78 Å². The summed E-state index contributed by atoms with van der Waals surface area (Å²) >= 11 is 0. The van der Waals surface area contributed by atoms with Gasteiger partial charge >= 0.3 is 0 Å². The largest absolute Gasteiger partial charge is 0.298 e. The van der Waals surface area contributed by atoms with Gasteiger partial charge in [-0.25, -0.2) is 0 Å². The number of carbonyl (C=O) groups is 1. The lowest BCUT2D eigenvalue weighted by Gasteiger charge is -2.33. The number of rotatable bonds is 2. The maximum absolute atomic E-state index is 11.8. The van der Waals surface area contributed by atoms with Crippen molar-refractivity contribution < 1.29 is 4.79 Å². The Morgan fingerprint density at radius 2 is 1.94 bits per heavy atom. The minimum atomic E-state index is 0.221. The standard InChI is InChI=1S/C14H17NO/c16-14-9-7-12-6-8-13(14)15(12)10-11-4-2-1-3-5-11/h1-5,12-13H,6-10H2/t12-,13-/m1/s1. The molecule has 0 spiro atoms. The van der Waals surface area contributed by atoms with Crippen LogP contribution < -0.4 is 0 Å². The molecule has 0 aromatic heterocycles. The van der Waals surface area contributed by atoms with Crippen LogP contribution in [0.25, 0.3) is 0 Å². The molecular formula is C14H17NO. The molecule has 2 atom stereocenters. The fourth-order valence-electron chi connectivity index (χ4n) is 3.10. The quantitative estimate of drug-likeness (QED) is 0.755. The third kappa shape index (κ3) is 1.67. The van der Waals surface area contributed by atoms with Gasteiger partial charge in [0.1, 0.15) is 5.78 Å². The number of piperidine rings is 1.